The van der Waals surface area contributed by atoms with Crippen molar-refractivity contribution >= 4 is 46.3 Å². The Labute approximate surface area is 199 Å². The summed E-state index contributed by atoms with van der Waals surface area (Å²) in [6.45, 7) is 1.72. The lowest BCUT2D eigenvalue weighted by molar-refractivity contribution is -0.132. The topological polar surface area (TPSA) is 104 Å². The highest BCUT2D eigenvalue weighted by Gasteiger charge is 2.48. The number of hydrogen-bond donors (Lipinski definition) is 1. The number of nitriles is 1. The predicted molar refractivity (Wildman–Crippen MR) is 122 cm³/mol. The fourth-order valence-electron chi connectivity index (χ4n) is 3.75. The molecule has 1 atom stereocenters. The summed E-state index contributed by atoms with van der Waals surface area (Å²) in [6, 6.07) is 13.2. The minimum atomic E-state index is -1.07. The number of aliphatic hydroxyl groups excluding tert-OH is 1. The van der Waals surface area contributed by atoms with Crippen LogP contribution in [-0.4, -0.2) is 23.9 Å². The van der Waals surface area contributed by atoms with Crippen molar-refractivity contribution in [2.24, 2.45) is 0 Å². The molecule has 33 heavy (non-hydrogen) atoms. The third kappa shape index (κ3) is 3.84. The summed E-state index contributed by atoms with van der Waals surface area (Å²) in [6.07, 6.45) is 0. The summed E-state index contributed by atoms with van der Waals surface area (Å²) in [5.74, 6) is -1.38. The van der Waals surface area contributed by atoms with E-state index in [4.69, 9.17) is 37.6 Å². The average Bonchev–Trinajstić information content (AvgIpc) is 3.33. The van der Waals surface area contributed by atoms with E-state index in [0.29, 0.717) is 17.0 Å². The molecule has 0 saturated carbocycles. The number of ketones is 1. The van der Waals surface area contributed by atoms with Crippen molar-refractivity contribution in [2.75, 3.05) is 12.0 Å². The van der Waals surface area contributed by atoms with Crippen molar-refractivity contribution in [3.8, 4) is 11.8 Å². The molecule has 0 spiro atoms. The minimum Gasteiger partial charge on any atom is -0.507 e. The van der Waals surface area contributed by atoms with E-state index in [1.165, 1.54) is 36.3 Å². The lowest BCUT2D eigenvalue weighted by atomic mass is 9.98. The number of carbonyl (C=O) groups is 2. The molecule has 9 heteroatoms. The van der Waals surface area contributed by atoms with Crippen LogP contribution in [0.1, 0.15) is 28.7 Å². The van der Waals surface area contributed by atoms with Crippen LogP contribution in [0.3, 0.4) is 0 Å². The van der Waals surface area contributed by atoms with E-state index in [9.17, 15) is 14.7 Å². The normalized spacial score (nSPS) is 17.3. The number of Topliss-reactive ketones (excluding diaryl/α,β-unsaturated/α-hetero) is 1. The van der Waals surface area contributed by atoms with Crippen LogP contribution >= 0.6 is 23.2 Å². The van der Waals surface area contributed by atoms with Gasteiger partial charge in [-0.05, 0) is 55.5 Å². The summed E-state index contributed by atoms with van der Waals surface area (Å²) in [7, 11) is 1.36. The van der Waals surface area contributed by atoms with Gasteiger partial charge in [-0.25, -0.2) is 0 Å². The van der Waals surface area contributed by atoms with Gasteiger partial charge in [-0.2, -0.15) is 5.26 Å². The minimum absolute atomic E-state index is 0.0566. The van der Waals surface area contributed by atoms with Crippen LogP contribution < -0.4 is 9.64 Å². The molecule has 0 aliphatic carbocycles. The Hall–Kier alpha value is -3.73. The lowest BCUT2D eigenvalue weighted by Crippen LogP contribution is -2.29. The number of hydrogen-bond acceptors (Lipinski definition) is 6. The fraction of sp³-hybridized carbons (Fsp3) is 0.125. The number of anilines is 1. The zero-order valence-electron chi connectivity index (χ0n) is 17.4. The maximum absolute atomic E-state index is 13.2. The van der Waals surface area contributed by atoms with Crippen molar-refractivity contribution in [2.45, 2.75) is 13.0 Å². The summed E-state index contributed by atoms with van der Waals surface area (Å²) in [4.78, 5) is 27.5. The Morgan fingerprint density at radius 2 is 1.85 bits per heavy atom. The number of halogens is 2. The second-order valence-electron chi connectivity index (χ2n) is 7.24. The summed E-state index contributed by atoms with van der Waals surface area (Å²) >= 11 is 12.3. The molecule has 166 valence electrons. The summed E-state index contributed by atoms with van der Waals surface area (Å²) < 4.78 is 11.1. The van der Waals surface area contributed by atoms with Gasteiger partial charge in [0.2, 0.25) is 0 Å². The SMILES string of the molecule is COc1c(Cl)cc(Cl)cc1/C(O)=C1\C(=O)C(=O)N(c2ccc(C#N)cc2)C1c1ccc(C)o1. The molecule has 1 unspecified atom stereocenters. The van der Waals surface area contributed by atoms with Crippen LogP contribution in [0.25, 0.3) is 5.76 Å². The van der Waals surface area contributed by atoms with Crippen molar-refractivity contribution in [3.05, 3.63) is 86.8 Å². The van der Waals surface area contributed by atoms with Gasteiger partial charge < -0.3 is 14.3 Å². The molecule has 1 aliphatic rings. The average molecular weight is 483 g/mol. The molecule has 0 bridgehead atoms. The zero-order chi connectivity index (χ0) is 23.9. The quantitative estimate of drug-likeness (QED) is 0.303. The van der Waals surface area contributed by atoms with E-state index in [2.05, 4.69) is 0 Å². The maximum Gasteiger partial charge on any atom is 0.300 e. The fourth-order valence-corrected chi connectivity index (χ4v) is 4.32. The second-order valence-corrected chi connectivity index (χ2v) is 8.09. The Balaban J connectivity index is 1.98. The van der Waals surface area contributed by atoms with Gasteiger partial charge in [-0.1, -0.05) is 23.2 Å². The van der Waals surface area contributed by atoms with Gasteiger partial charge in [0.1, 0.15) is 29.1 Å². The predicted octanol–water partition coefficient (Wildman–Crippen LogP) is 5.40. The summed E-state index contributed by atoms with van der Waals surface area (Å²) in [5.41, 5.74) is 0.584. The monoisotopic (exact) mass is 482 g/mol. The molecule has 3 aromatic rings. The van der Waals surface area contributed by atoms with Gasteiger partial charge in [0.15, 0.2) is 0 Å². The molecular weight excluding hydrogens is 467 g/mol. The third-order valence-corrected chi connectivity index (χ3v) is 5.72. The standard InChI is InChI=1S/C24H16Cl2N2O5/c1-12-3-8-18(33-12)20-19(21(29)16-9-14(25)10-17(26)23(16)32-2)22(30)24(31)28(20)15-6-4-13(11-27)5-7-15/h3-10,20,29H,1-2H3/b21-19+. The number of carbonyl (C=O) groups excluding carboxylic acids is 2. The molecule has 2 aromatic carbocycles. The van der Waals surface area contributed by atoms with Crippen LogP contribution in [0.4, 0.5) is 5.69 Å². The van der Waals surface area contributed by atoms with E-state index >= 15 is 0 Å². The van der Waals surface area contributed by atoms with E-state index in [0.717, 1.165) is 0 Å². The molecule has 1 fully saturated rings. The Morgan fingerprint density at radius 1 is 1.15 bits per heavy atom. The molecule has 1 aliphatic heterocycles. The zero-order valence-corrected chi connectivity index (χ0v) is 18.9. The highest BCUT2D eigenvalue weighted by molar-refractivity contribution is 6.51. The van der Waals surface area contributed by atoms with Crippen LogP contribution in [0, 0.1) is 18.3 Å². The third-order valence-electron chi connectivity index (χ3n) is 5.22. The van der Waals surface area contributed by atoms with E-state index in [1.807, 2.05) is 6.07 Å². The Morgan fingerprint density at radius 3 is 2.42 bits per heavy atom. The molecule has 1 saturated heterocycles. The largest absolute Gasteiger partial charge is 0.507 e. The number of furan rings is 1. The van der Waals surface area contributed by atoms with Gasteiger partial charge >= 0.3 is 0 Å². The number of methoxy groups -OCH3 is 1. The number of amides is 1. The molecule has 1 amide bonds. The van der Waals surface area contributed by atoms with Crippen molar-refractivity contribution in [1.29, 1.82) is 5.26 Å². The number of aliphatic hydroxyl groups is 1. The lowest BCUT2D eigenvalue weighted by Gasteiger charge is -2.23. The van der Waals surface area contributed by atoms with Crippen molar-refractivity contribution in [3.63, 3.8) is 0 Å². The number of aryl methyl sites for hydroxylation is 1. The van der Waals surface area contributed by atoms with Crippen molar-refractivity contribution in [1.82, 2.24) is 0 Å². The number of rotatable bonds is 4. The van der Waals surface area contributed by atoms with Gasteiger partial charge in [0.25, 0.3) is 11.7 Å². The highest BCUT2D eigenvalue weighted by Crippen LogP contribution is 2.45. The maximum atomic E-state index is 13.2. The number of benzene rings is 2. The molecule has 4 rings (SSSR count). The van der Waals surface area contributed by atoms with Crippen LogP contribution in [0.5, 0.6) is 5.75 Å². The number of nitrogens with zero attached hydrogens (tertiary/aromatic N) is 2. The highest BCUT2D eigenvalue weighted by atomic mass is 35.5. The van der Waals surface area contributed by atoms with Crippen LogP contribution in [-0.2, 0) is 9.59 Å². The number of ether oxygens (including phenoxy) is 1. The van der Waals surface area contributed by atoms with Gasteiger partial charge in [-0.15, -0.1) is 0 Å². The van der Waals surface area contributed by atoms with Gasteiger partial charge in [0.05, 0.1) is 34.9 Å². The molecule has 2 heterocycles. The van der Waals surface area contributed by atoms with Crippen molar-refractivity contribution < 1.29 is 23.8 Å². The Kier molecular flexibility index (Phi) is 5.90. The molecular formula is C24H16Cl2N2O5. The van der Waals surface area contributed by atoms with Crippen LogP contribution in [0.2, 0.25) is 10.0 Å². The van der Waals surface area contributed by atoms with E-state index in [1.54, 1.807) is 31.2 Å². The van der Waals surface area contributed by atoms with E-state index < -0.39 is 23.5 Å². The first-order chi connectivity index (χ1) is 15.8. The van der Waals surface area contributed by atoms with Crippen LogP contribution in [0.15, 0.2) is 58.5 Å². The van der Waals surface area contributed by atoms with Gasteiger partial charge in [0, 0.05) is 10.7 Å². The Bertz CT molecular complexity index is 1350. The molecule has 1 aromatic heterocycles. The first-order valence-corrected chi connectivity index (χ1v) is 10.4. The smallest absolute Gasteiger partial charge is 0.300 e. The molecule has 0 radical (unpaired) electrons. The van der Waals surface area contributed by atoms with E-state index in [-0.39, 0.29) is 32.7 Å². The molecule has 1 N–H and O–H groups in total. The second kappa shape index (κ2) is 8.66. The molecule has 7 nitrogen and oxygen atoms in total. The first-order valence-electron chi connectivity index (χ1n) is 9.67. The van der Waals surface area contributed by atoms with Gasteiger partial charge in [-0.3, -0.25) is 14.5 Å². The first kappa shape index (κ1) is 22.5. The summed E-state index contributed by atoms with van der Waals surface area (Å²) in [5, 5.41) is 20.7.